The average Bonchev–Trinajstić information content (AvgIpc) is 3.11. The molecular formula is C16H17N3O. The number of rotatable bonds is 5. The van der Waals surface area contributed by atoms with Gasteiger partial charge in [0.15, 0.2) is 0 Å². The van der Waals surface area contributed by atoms with Crippen molar-refractivity contribution < 1.29 is 4.42 Å². The van der Waals surface area contributed by atoms with E-state index in [0.717, 1.165) is 23.6 Å². The second-order valence-electron chi connectivity index (χ2n) is 4.83. The lowest BCUT2D eigenvalue weighted by Gasteiger charge is -2.15. The maximum absolute atomic E-state index is 5.37. The summed E-state index contributed by atoms with van der Waals surface area (Å²) in [7, 11) is 0. The molecule has 0 fully saturated rings. The van der Waals surface area contributed by atoms with E-state index in [1.807, 2.05) is 41.2 Å². The van der Waals surface area contributed by atoms with E-state index in [4.69, 9.17) is 4.42 Å². The minimum absolute atomic E-state index is 0.300. The second-order valence-corrected chi connectivity index (χ2v) is 4.83. The number of aromatic nitrogens is 2. The summed E-state index contributed by atoms with van der Waals surface area (Å²) >= 11 is 0. The summed E-state index contributed by atoms with van der Waals surface area (Å²) in [6.45, 7) is 2.14. The maximum atomic E-state index is 5.37. The van der Waals surface area contributed by atoms with E-state index < -0.39 is 0 Å². The molecule has 0 bridgehead atoms. The first-order valence-corrected chi connectivity index (χ1v) is 6.70. The molecular weight excluding hydrogens is 250 g/mol. The van der Waals surface area contributed by atoms with Gasteiger partial charge in [-0.3, -0.25) is 0 Å². The van der Waals surface area contributed by atoms with Gasteiger partial charge in [-0.15, -0.1) is 0 Å². The Bertz CT molecular complexity index is 644. The van der Waals surface area contributed by atoms with Crippen LogP contribution < -0.4 is 5.32 Å². The minimum Gasteiger partial charge on any atom is -0.469 e. The van der Waals surface area contributed by atoms with Gasteiger partial charge in [0.25, 0.3) is 0 Å². The zero-order valence-corrected chi connectivity index (χ0v) is 11.4. The van der Waals surface area contributed by atoms with Gasteiger partial charge in [-0.2, -0.15) is 5.10 Å². The van der Waals surface area contributed by atoms with E-state index >= 15 is 0 Å². The van der Waals surface area contributed by atoms with Gasteiger partial charge in [0, 0.05) is 30.5 Å². The van der Waals surface area contributed by atoms with E-state index in [1.54, 1.807) is 12.5 Å². The van der Waals surface area contributed by atoms with Gasteiger partial charge < -0.3 is 9.73 Å². The summed E-state index contributed by atoms with van der Waals surface area (Å²) in [5.74, 6) is 0.994. The van der Waals surface area contributed by atoms with Crippen LogP contribution >= 0.6 is 0 Å². The van der Waals surface area contributed by atoms with Gasteiger partial charge >= 0.3 is 0 Å². The maximum Gasteiger partial charge on any atom is 0.105 e. The Morgan fingerprint density at radius 3 is 2.95 bits per heavy atom. The summed E-state index contributed by atoms with van der Waals surface area (Å²) in [5.41, 5.74) is 2.13. The molecule has 0 aliphatic carbocycles. The zero-order valence-electron chi connectivity index (χ0n) is 11.4. The Labute approximate surface area is 118 Å². The number of nitrogens with zero attached hydrogens (tertiary/aromatic N) is 2. The third kappa shape index (κ3) is 2.91. The van der Waals surface area contributed by atoms with Crippen molar-refractivity contribution in [2.24, 2.45) is 0 Å². The molecule has 2 aromatic heterocycles. The molecule has 0 radical (unpaired) electrons. The molecule has 0 spiro atoms. The summed E-state index contributed by atoms with van der Waals surface area (Å²) in [6, 6.07) is 14.3. The van der Waals surface area contributed by atoms with E-state index in [0.29, 0.717) is 6.04 Å². The third-order valence-corrected chi connectivity index (χ3v) is 3.12. The topological polar surface area (TPSA) is 43.0 Å². The highest BCUT2D eigenvalue weighted by atomic mass is 16.3. The summed E-state index contributed by atoms with van der Waals surface area (Å²) in [4.78, 5) is 0. The standard InChI is InChI=1S/C16H17N3O/c1-13(11-16-7-3-10-20-16)18-14-5-2-6-15(12-14)19-9-4-8-17-19/h2-10,12-13,18H,11H2,1H3. The zero-order chi connectivity index (χ0) is 13.8. The van der Waals surface area contributed by atoms with Gasteiger partial charge in [0.1, 0.15) is 5.76 Å². The number of benzene rings is 1. The Morgan fingerprint density at radius 2 is 2.20 bits per heavy atom. The molecule has 1 N–H and O–H groups in total. The lowest BCUT2D eigenvalue weighted by atomic mass is 10.2. The van der Waals surface area contributed by atoms with Crippen LogP contribution in [0.3, 0.4) is 0 Å². The van der Waals surface area contributed by atoms with E-state index in [-0.39, 0.29) is 0 Å². The summed E-state index contributed by atoms with van der Waals surface area (Å²) in [5, 5.41) is 7.72. The highest BCUT2D eigenvalue weighted by Crippen LogP contribution is 2.16. The molecule has 102 valence electrons. The van der Waals surface area contributed by atoms with Crippen LogP contribution in [-0.2, 0) is 6.42 Å². The quantitative estimate of drug-likeness (QED) is 0.769. The molecule has 1 aromatic carbocycles. The van der Waals surface area contributed by atoms with Gasteiger partial charge in [-0.1, -0.05) is 6.07 Å². The largest absolute Gasteiger partial charge is 0.469 e. The van der Waals surface area contributed by atoms with Crippen LogP contribution in [0.1, 0.15) is 12.7 Å². The number of anilines is 1. The third-order valence-electron chi connectivity index (χ3n) is 3.12. The first kappa shape index (κ1) is 12.5. The average molecular weight is 267 g/mol. The molecule has 0 saturated heterocycles. The number of furan rings is 1. The second kappa shape index (κ2) is 5.65. The predicted molar refractivity (Wildman–Crippen MR) is 79.1 cm³/mol. The molecule has 0 amide bonds. The van der Waals surface area contributed by atoms with Crippen LogP contribution in [0.15, 0.2) is 65.5 Å². The molecule has 0 aliphatic heterocycles. The van der Waals surface area contributed by atoms with Gasteiger partial charge in [-0.05, 0) is 43.3 Å². The van der Waals surface area contributed by atoms with Crippen LogP contribution in [0.25, 0.3) is 5.69 Å². The van der Waals surface area contributed by atoms with Crippen LogP contribution in [0.2, 0.25) is 0 Å². The van der Waals surface area contributed by atoms with Crippen molar-refractivity contribution in [2.45, 2.75) is 19.4 Å². The number of hydrogen-bond acceptors (Lipinski definition) is 3. The fourth-order valence-corrected chi connectivity index (χ4v) is 2.23. The van der Waals surface area contributed by atoms with Crippen molar-refractivity contribution in [3.8, 4) is 5.69 Å². The van der Waals surface area contributed by atoms with Gasteiger partial charge in [0.05, 0.1) is 12.0 Å². The van der Waals surface area contributed by atoms with Crippen LogP contribution in [0.4, 0.5) is 5.69 Å². The lowest BCUT2D eigenvalue weighted by molar-refractivity contribution is 0.498. The van der Waals surface area contributed by atoms with Crippen molar-refractivity contribution in [1.82, 2.24) is 9.78 Å². The molecule has 3 aromatic rings. The molecule has 1 atom stereocenters. The van der Waals surface area contributed by atoms with Crippen molar-refractivity contribution in [3.63, 3.8) is 0 Å². The highest BCUT2D eigenvalue weighted by Gasteiger charge is 2.06. The monoisotopic (exact) mass is 267 g/mol. The first-order valence-electron chi connectivity index (χ1n) is 6.70. The predicted octanol–water partition coefficient (Wildman–Crippen LogP) is 3.51. The van der Waals surface area contributed by atoms with Gasteiger partial charge in [-0.25, -0.2) is 4.68 Å². The molecule has 3 rings (SSSR count). The van der Waals surface area contributed by atoms with Crippen LogP contribution in [-0.4, -0.2) is 15.8 Å². The van der Waals surface area contributed by atoms with Crippen molar-refractivity contribution in [2.75, 3.05) is 5.32 Å². The summed E-state index contributed by atoms with van der Waals surface area (Å²) < 4.78 is 7.22. The highest BCUT2D eigenvalue weighted by molar-refractivity contribution is 5.51. The van der Waals surface area contributed by atoms with Crippen LogP contribution in [0, 0.1) is 0 Å². The first-order chi connectivity index (χ1) is 9.81. The van der Waals surface area contributed by atoms with E-state index in [9.17, 15) is 0 Å². The fourth-order valence-electron chi connectivity index (χ4n) is 2.23. The molecule has 2 heterocycles. The Kier molecular flexibility index (Phi) is 3.54. The lowest BCUT2D eigenvalue weighted by Crippen LogP contribution is -2.17. The smallest absolute Gasteiger partial charge is 0.105 e. The van der Waals surface area contributed by atoms with Crippen molar-refractivity contribution in [1.29, 1.82) is 0 Å². The van der Waals surface area contributed by atoms with Crippen LogP contribution in [0.5, 0.6) is 0 Å². The van der Waals surface area contributed by atoms with Gasteiger partial charge in [0.2, 0.25) is 0 Å². The number of hydrogen-bond donors (Lipinski definition) is 1. The SMILES string of the molecule is CC(Cc1ccco1)Nc1cccc(-n2cccn2)c1. The molecule has 4 nitrogen and oxygen atoms in total. The minimum atomic E-state index is 0.300. The number of nitrogens with one attached hydrogen (secondary N) is 1. The molecule has 0 aliphatic rings. The Hall–Kier alpha value is -2.49. The van der Waals surface area contributed by atoms with E-state index in [2.05, 4.69) is 29.5 Å². The van der Waals surface area contributed by atoms with Crippen molar-refractivity contribution in [3.05, 3.63) is 66.9 Å². The Balaban J connectivity index is 1.70. The summed E-state index contributed by atoms with van der Waals surface area (Å²) in [6.07, 6.45) is 6.28. The van der Waals surface area contributed by atoms with E-state index in [1.165, 1.54) is 0 Å². The molecule has 4 heteroatoms. The normalized spacial score (nSPS) is 12.2. The Morgan fingerprint density at radius 1 is 1.25 bits per heavy atom. The molecule has 0 saturated carbocycles. The fraction of sp³-hybridized carbons (Fsp3) is 0.188. The molecule has 20 heavy (non-hydrogen) atoms. The van der Waals surface area contributed by atoms with Crippen molar-refractivity contribution >= 4 is 5.69 Å². The molecule has 1 unspecified atom stereocenters.